The maximum absolute atomic E-state index is 13.1. The molecular formula is C25H35N3O5S. The van der Waals surface area contributed by atoms with Crippen molar-refractivity contribution in [1.82, 2.24) is 10.2 Å². The first-order valence-electron chi connectivity index (χ1n) is 11.7. The zero-order chi connectivity index (χ0) is 24.6. The third-order valence-electron chi connectivity index (χ3n) is 5.70. The number of rotatable bonds is 11. The van der Waals surface area contributed by atoms with E-state index in [0.29, 0.717) is 31.0 Å². The van der Waals surface area contributed by atoms with Crippen molar-refractivity contribution >= 4 is 21.6 Å². The molecule has 0 spiro atoms. The minimum absolute atomic E-state index is 0.327. The molecule has 1 aliphatic heterocycles. The van der Waals surface area contributed by atoms with E-state index < -0.39 is 16.1 Å². The number of ether oxygens (including phenoxy) is 2. The molecular weight excluding hydrogens is 454 g/mol. The van der Waals surface area contributed by atoms with Gasteiger partial charge in [-0.3, -0.25) is 14.0 Å². The summed E-state index contributed by atoms with van der Waals surface area (Å²) in [4.78, 5) is 15.5. The summed E-state index contributed by atoms with van der Waals surface area (Å²) in [6.07, 6.45) is 1.46. The van der Waals surface area contributed by atoms with Crippen LogP contribution in [0.15, 0.2) is 48.5 Å². The number of sulfonamides is 1. The fourth-order valence-corrected chi connectivity index (χ4v) is 5.29. The molecule has 0 unspecified atom stereocenters. The standard InChI is InChI=1S/C25H35N3O5S/c1-4-24(28(34(3,30)31)22-9-11-23(12-10-22)33-5-2)25(29)26-18-20-7-6-8-21(17-20)19-27-13-15-32-16-14-27/h6-12,17,24H,4-5,13-16,18-19H2,1-3H3,(H,26,29)/t24-/m1/s1. The molecule has 1 atom stereocenters. The quantitative estimate of drug-likeness (QED) is 0.522. The minimum atomic E-state index is -3.69. The molecule has 9 heteroatoms. The van der Waals surface area contributed by atoms with Crippen LogP contribution in [0, 0.1) is 0 Å². The molecule has 0 radical (unpaired) electrons. The van der Waals surface area contributed by atoms with Crippen LogP contribution in [0.1, 0.15) is 31.4 Å². The first kappa shape index (κ1) is 26.0. The zero-order valence-corrected chi connectivity index (χ0v) is 21.0. The Labute approximate surface area is 202 Å². The molecule has 1 heterocycles. The number of hydrogen-bond donors (Lipinski definition) is 1. The topological polar surface area (TPSA) is 88.2 Å². The lowest BCUT2D eigenvalue weighted by Crippen LogP contribution is -2.49. The van der Waals surface area contributed by atoms with Gasteiger partial charge in [-0.2, -0.15) is 0 Å². The number of carbonyl (C=O) groups is 1. The molecule has 1 N–H and O–H groups in total. The number of nitrogens with zero attached hydrogens (tertiary/aromatic N) is 2. The van der Waals surface area contributed by atoms with Crippen LogP contribution in [0.25, 0.3) is 0 Å². The van der Waals surface area contributed by atoms with Crippen molar-refractivity contribution < 1.29 is 22.7 Å². The Morgan fingerprint density at radius 2 is 1.79 bits per heavy atom. The summed E-state index contributed by atoms with van der Waals surface area (Å²) in [5, 5.41) is 2.93. The molecule has 186 valence electrons. The van der Waals surface area contributed by atoms with Crippen LogP contribution < -0.4 is 14.4 Å². The van der Waals surface area contributed by atoms with Crippen molar-refractivity contribution in [3.8, 4) is 5.75 Å². The number of hydrogen-bond acceptors (Lipinski definition) is 6. The van der Waals surface area contributed by atoms with Crippen molar-refractivity contribution in [2.75, 3.05) is 43.5 Å². The second-order valence-electron chi connectivity index (χ2n) is 8.34. The number of benzene rings is 2. The van der Waals surface area contributed by atoms with Crippen molar-refractivity contribution in [2.45, 2.75) is 39.4 Å². The van der Waals surface area contributed by atoms with E-state index in [1.54, 1.807) is 31.2 Å². The second kappa shape index (κ2) is 12.2. The summed E-state index contributed by atoms with van der Waals surface area (Å²) in [7, 11) is -3.69. The van der Waals surface area contributed by atoms with Crippen molar-refractivity contribution in [1.29, 1.82) is 0 Å². The number of carbonyl (C=O) groups excluding carboxylic acids is 1. The third-order valence-corrected chi connectivity index (χ3v) is 6.88. The van der Waals surface area contributed by atoms with Crippen LogP contribution in [-0.4, -0.2) is 64.4 Å². The summed E-state index contributed by atoms with van der Waals surface area (Å²) in [5.74, 6) is 0.314. The monoisotopic (exact) mass is 489 g/mol. The predicted octanol–water partition coefficient (Wildman–Crippen LogP) is 2.78. The van der Waals surface area contributed by atoms with Crippen LogP contribution >= 0.6 is 0 Å². The lowest BCUT2D eigenvalue weighted by Gasteiger charge is -2.30. The molecule has 2 aromatic carbocycles. The van der Waals surface area contributed by atoms with E-state index in [1.165, 1.54) is 9.87 Å². The average Bonchev–Trinajstić information content (AvgIpc) is 2.82. The van der Waals surface area contributed by atoms with E-state index in [2.05, 4.69) is 22.3 Å². The molecule has 1 aliphatic rings. The number of nitrogens with one attached hydrogen (secondary N) is 1. The lowest BCUT2D eigenvalue weighted by atomic mass is 10.1. The van der Waals surface area contributed by atoms with Crippen LogP contribution in [0.5, 0.6) is 5.75 Å². The third kappa shape index (κ3) is 7.19. The van der Waals surface area contributed by atoms with Crippen LogP contribution in [0.2, 0.25) is 0 Å². The first-order valence-corrected chi connectivity index (χ1v) is 13.5. The van der Waals surface area contributed by atoms with E-state index in [1.807, 2.05) is 19.1 Å². The van der Waals surface area contributed by atoms with Gasteiger partial charge in [-0.1, -0.05) is 31.2 Å². The molecule has 1 saturated heterocycles. The molecule has 34 heavy (non-hydrogen) atoms. The van der Waals surface area contributed by atoms with Crippen LogP contribution in [-0.2, 0) is 32.6 Å². The lowest BCUT2D eigenvalue weighted by molar-refractivity contribution is -0.122. The van der Waals surface area contributed by atoms with E-state index >= 15 is 0 Å². The van der Waals surface area contributed by atoms with Gasteiger partial charge >= 0.3 is 0 Å². The maximum atomic E-state index is 13.1. The summed E-state index contributed by atoms with van der Waals surface area (Å²) in [5.41, 5.74) is 2.58. The highest BCUT2D eigenvalue weighted by Crippen LogP contribution is 2.25. The maximum Gasteiger partial charge on any atom is 0.244 e. The Morgan fingerprint density at radius 1 is 1.12 bits per heavy atom. The van der Waals surface area contributed by atoms with Gasteiger partial charge < -0.3 is 14.8 Å². The van der Waals surface area contributed by atoms with Gasteiger partial charge in [0.1, 0.15) is 11.8 Å². The minimum Gasteiger partial charge on any atom is -0.494 e. The van der Waals surface area contributed by atoms with Gasteiger partial charge in [0.05, 0.1) is 31.8 Å². The average molecular weight is 490 g/mol. The molecule has 0 bridgehead atoms. The largest absolute Gasteiger partial charge is 0.494 e. The number of morpholine rings is 1. The van der Waals surface area contributed by atoms with Crippen LogP contribution in [0.3, 0.4) is 0 Å². The van der Waals surface area contributed by atoms with Gasteiger partial charge in [0.15, 0.2) is 0 Å². The van der Waals surface area contributed by atoms with E-state index in [9.17, 15) is 13.2 Å². The van der Waals surface area contributed by atoms with Gasteiger partial charge in [-0.05, 0) is 48.7 Å². The number of anilines is 1. The molecule has 1 amide bonds. The number of amides is 1. The van der Waals surface area contributed by atoms with Crippen molar-refractivity contribution in [2.24, 2.45) is 0 Å². The van der Waals surface area contributed by atoms with Crippen molar-refractivity contribution in [3.05, 3.63) is 59.7 Å². The Morgan fingerprint density at radius 3 is 2.41 bits per heavy atom. The summed E-state index contributed by atoms with van der Waals surface area (Å²) < 4.78 is 37.4. The summed E-state index contributed by atoms with van der Waals surface area (Å²) in [6, 6.07) is 14.0. The Hall–Kier alpha value is -2.62. The highest BCUT2D eigenvalue weighted by atomic mass is 32.2. The van der Waals surface area contributed by atoms with E-state index in [4.69, 9.17) is 9.47 Å². The molecule has 2 aromatic rings. The SMILES string of the molecule is CCOc1ccc(N([C@H](CC)C(=O)NCc2cccc(CN3CCOCC3)c2)S(C)(=O)=O)cc1. The molecule has 0 aromatic heterocycles. The molecule has 0 saturated carbocycles. The second-order valence-corrected chi connectivity index (χ2v) is 10.2. The summed E-state index contributed by atoms with van der Waals surface area (Å²) in [6.45, 7) is 8.68. The van der Waals surface area contributed by atoms with Gasteiger partial charge in [-0.15, -0.1) is 0 Å². The Balaban J connectivity index is 1.69. The Kier molecular flexibility index (Phi) is 9.32. The Bertz CT molecular complexity index is 1040. The first-order chi connectivity index (χ1) is 16.3. The van der Waals surface area contributed by atoms with Crippen LogP contribution in [0.4, 0.5) is 5.69 Å². The summed E-state index contributed by atoms with van der Waals surface area (Å²) >= 11 is 0. The smallest absolute Gasteiger partial charge is 0.244 e. The highest BCUT2D eigenvalue weighted by Gasteiger charge is 2.31. The fraction of sp³-hybridized carbons (Fsp3) is 0.480. The van der Waals surface area contributed by atoms with Gasteiger partial charge in [0.2, 0.25) is 15.9 Å². The molecule has 3 rings (SSSR count). The van der Waals surface area contributed by atoms with Gasteiger partial charge in [-0.25, -0.2) is 8.42 Å². The molecule has 0 aliphatic carbocycles. The van der Waals surface area contributed by atoms with E-state index in [-0.39, 0.29) is 5.91 Å². The van der Waals surface area contributed by atoms with E-state index in [0.717, 1.165) is 44.7 Å². The van der Waals surface area contributed by atoms with Gasteiger partial charge in [0.25, 0.3) is 0 Å². The zero-order valence-electron chi connectivity index (χ0n) is 20.2. The predicted molar refractivity (Wildman–Crippen MR) is 133 cm³/mol. The fourth-order valence-electron chi connectivity index (χ4n) is 4.08. The van der Waals surface area contributed by atoms with Gasteiger partial charge in [0, 0.05) is 26.2 Å². The molecule has 8 nitrogen and oxygen atoms in total. The van der Waals surface area contributed by atoms with Crippen molar-refractivity contribution in [3.63, 3.8) is 0 Å². The highest BCUT2D eigenvalue weighted by molar-refractivity contribution is 7.92. The molecule has 1 fully saturated rings. The normalized spacial score (nSPS) is 15.5.